The van der Waals surface area contributed by atoms with E-state index in [4.69, 9.17) is 0 Å². The molecule has 3 aliphatic rings. The van der Waals surface area contributed by atoms with Gasteiger partial charge in [-0.25, -0.2) is 0 Å². The molecule has 3 fully saturated rings. The van der Waals surface area contributed by atoms with Gasteiger partial charge in [0.2, 0.25) is 0 Å². The highest BCUT2D eigenvalue weighted by atomic mass is 15.2. The van der Waals surface area contributed by atoms with E-state index in [1.165, 1.54) is 51.9 Å². The van der Waals surface area contributed by atoms with Gasteiger partial charge in [-0.15, -0.1) is 0 Å². The van der Waals surface area contributed by atoms with E-state index in [1.54, 1.807) is 0 Å². The van der Waals surface area contributed by atoms with Crippen LogP contribution in [0.15, 0.2) is 0 Å². The van der Waals surface area contributed by atoms with Gasteiger partial charge in [-0.2, -0.15) is 0 Å². The van der Waals surface area contributed by atoms with Crippen LogP contribution in [-0.2, 0) is 0 Å². The molecule has 1 N–H and O–H groups in total. The van der Waals surface area contributed by atoms with E-state index in [1.807, 2.05) is 0 Å². The maximum Gasteiger partial charge on any atom is 0.0108 e. The van der Waals surface area contributed by atoms with Crippen molar-refractivity contribution in [3.05, 3.63) is 0 Å². The van der Waals surface area contributed by atoms with Gasteiger partial charge in [0.25, 0.3) is 0 Å². The molecule has 92 valence electrons. The van der Waals surface area contributed by atoms with Gasteiger partial charge >= 0.3 is 0 Å². The first-order valence-corrected chi connectivity index (χ1v) is 7.13. The first-order valence-electron chi connectivity index (χ1n) is 7.13. The summed E-state index contributed by atoms with van der Waals surface area (Å²) in [6.07, 6.45) is 5.84. The molecular formula is C14H26N2. The van der Waals surface area contributed by atoms with Crippen LogP contribution in [0.25, 0.3) is 0 Å². The van der Waals surface area contributed by atoms with Crippen LogP contribution < -0.4 is 5.32 Å². The fourth-order valence-corrected chi connectivity index (χ4v) is 3.92. The summed E-state index contributed by atoms with van der Waals surface area (Å²) in [6, 6.07) is 0.940. The molecule has 1 spiro atoms. The molecule has 0 bridgehead atoms. The number of nitrogens with one attached hydrogen (secondary N) is 1. The summed E-state index contributed by atoms with van der Waals surface area (Å²) < 4.78 is 0. The van der Waals surface area contributed by atoms with Crippen LogP contribution in [0.5, 0.6) is 0 Å². The Morgan fingerprint density at radius 3 is 2.19 bits per heavy atom. The highest BCUT2D eigenvalue weighted by molar-refractivity contribution is 5.06. The van der Waals surface area contributed by atoms with Gasteiger partial charge in [0, 0.05) is 19.1 Å². The lowest BCUT2D eigenvalue weighted by atomic mass is 9.61. The van der Waals surface area contributed by atoms with E-state index >= 15 is 0 Å². The van der Waals surface area contributed by atoms with Crippen molar-refractivity contribution in [3.63, 3.8) is 0 Å². The number of nitrogens with zero attached hydrogens (tertiary/aromatic N) is 1. The smallest absolute Gasteiger partial charge is 0.0108 e. The molecule has 0 amide bonds. The molecule has 0 aromatic rings. The Kier molecular flexibility index (Phi) is 2.75. The molecule has 1 saturated carbocycles. The molecule has 0 aromatic heterocycles. The quantitative estimate of drug-likeness (QED) is 0.770. The van der Waals surface area contributed by atoms with Gasteiger partial charge < -0.3 is 10.2 Å². The second-order valence-electron chi connectivity index (χ2n) is 6.78. The third-order valence-electron chi connectivity index (χ3n) is 5.37. The molecule has 0 radical (unpaired) electrons. The number of hydrogen-bond acceptors (Lipinski definition) is 2. The largest absolute Gasteiger partial charge is 0.316 e. The highest BCUT2D eigenvalue weighted by Crippen LogP contribution is 2.47. The number of hydrogen-bond donors (Lipinski definition) is 1. The molecule has 2 heteroatoms. The molecule has 3 rings (SSSR count). The summed E-state index contributed by atoms with van der Waals surface area (Å²) in [5.41, 5.74) is 0.750. The Morgan fingerprint density at radius 2 is 1.75 bits per heavy atom. The fraction of sp³-hybridized carbons (Fsp3) is 1.00. The van der Waals surface area contributed by atoms with Crippen molar-refractivity contribution >= 4 is 0 Å². The lowest BCUT2D eigenvalue weighted by Gasteiger charge is -2.58. The lowest BCUT2D eigenvalue weighted by molar-refractivity contribution is -0.0482. The van der Waals surface area contributed by atoms with Crippen molar-refractivity contribution in [2.24, 2.45) is 17.3 Å². The third-order valence-corrected chi connectivity index (χ3v) is 5.37. The van der Waals surface area contributed by atoms with Crippen molar-refractivity contribution < 1.29 is 0 Å². The Morgan fingerprint density at radius 1 is 1.12 bits per heavy atom. The van der Waals surface area contributed by atoms with Crippen molar-refractivity contribution in [3.8, 4) is 0 Å². The van der Waals surface area contributed by atoms with Crippen LogP contribution in [0.4, 0.5) is 0 Å². The van der Waals surface area contributed by atoms with Crippen molar-refractivity contribution in [2.45, 2.75) is 45.6 Å². The summed E-state index contributed by atoms with van der Waals surface area (Å²) in [5, 5.41) is 3.43. The Hall–Kier alpha value is -0.0800. The highest BCUT2D eigenvalue weighted by Gasteiger charge is 2.50. The van der Waals surface area contributed by atoms with Crippen LogP contribution in [0.3, 0.4) is 0 Å². The van der Waals surface area contributed by atoms with Gasteiger partial charge in [0.1, 0.15) is 0 Å². The zero-order chi connectivity index (χ0) is 11.2. The molecule has 1 aliphatic carbocycles. The number of likely N-dealkylation sites (tertiary alicyclic amines) is 1. The number of piperidine rings is 1. The second-order valence-corrected chi connectivity index (χ2v) is 6.78. The minimum absolute atomic E-state index is 0.750. The van der Waals surface area contributed by atoms with E-state index in [2.05, 4.69) is 24.1 Å². The zero-order valence-electron chi connectivity index (χ0n) is 10.8. The van der Waals surface area contributed by atoms with E-state index < -0.39 is 0 Å². The average Bonchev–Trinajstić information content (AvgIpc) is 2.14. The Balaban J connectivity index is 1.45. The molecule has 0 aromatic carbocycles. The molecule has 2 aliphatic heterocycles. The predicted octanol–water partition coefficient (Wildman–Crippen LogP) is 2.11. The van der Waals surface area contributed by atoms with Crippen LogP contribution >= 0.6 is 0 Å². The maximum absolute atomic E-state index is 3.43. The summed E-state index contributed by atoms with van der Waals surface area (Å²) in [6.45, 7) is 10.1. The molecule has 16 heavy (non-hydrogen) atoms. The monoisotopic (exact) mass is 222 g/mol. The topological polar surface area (TPSA) is 15.3 Å². The second kappa shape index (κ2) is 3.99. The van der Waals surface area contributed by atoms with Gasteiger partial charge in [0.05, 0.1) is 0 Å². The standard InChI is InChI=1S/C14H26N2/c1-11(2)12-3-5-16(6-4-12)13-7-14(8-13)9-15-10-14/h11-13,15H,3-10H2,1-2H3. The minimum Gasteiger partial charge on any atom is -0.316 e. The van der Waals surface area contributed by atoms with Crippen LogP contribution in [0.1, 0.15) is 39.5 Å². The van der Waals surface area contributed by atoms with Gasteiger partial charge in [-0.1, -0.05) is 13.8 Å². The van der Waals surface area contributed by atoms with Gasteiger partial charge in [0.15, 0.2) is 0 Å². The molecule has 2 heterocycles. The Labute approximate surface area is 99.8 Å². The first-order chi connectivity index (χ1) is 7.69. The first kappa shape index (κ1) is 11.0. The molecule has 2 saturated heterocycles. The summed E-state index contributed by atoms with van der Waals surface area (Å²) in [7, 11) is 0. The summed E-state index contributed by atoms with van der Waals surface area (Å²) in [4.78, 5) is 2.78. The van der Waals surface area contributed by atoms with Crippen LogP contribution in [-0.4, -0.2) is 37.1 Å². The van der Waals surface area contributed by atoms with E-state index in [0.29, 0.717) is 0 Å². The molecule has 0 atom stereocenters. The van der Waals surface area contributed by atoms with Crippen molar-refractivity contribution in [1.29, 1.82) is 0 Å². The number of rotatable bonds is 2. The van der Waals surface area contributed by atoms with Crippen molar-refractivity contribution in [2.75, 3.05) is 26.2 Å². The minimum atomic E-state index is 0.750. The lowest BCUT2D eigenvalue weighted by Crippen LogP contribution is -2.65. The fourth-order valence-electron chi connectivity index (χ4n) is 3.92. The third kappa shape index (κ3) is 1.80. The van der Waals surface area contributed by atoms with E-state index in [-0.39, 0.29) is 0 Å². The normalized spacial score (nSPS) is 31.7. The van der Waals surface area contributed by atoms with Crippen LogP contribution in [0, 0.1) is 17.3 Å². The van der Waals surface area contributed by atoms with Crippen molar-refractivity contribution in [1.82, 2.24) is 10.2 Å². The molecular weight excluding hydrogens is 196 g/mol. The van der Waals surface area contributed by atoms with E-state index in [0.717, 1.165) is 23.3 Å². The summed E-state index contributed by atoms with van der Waals surface area (Å²) >= 11 is 0. The van der Waals surface area contributed by atoms with Gasteiger partial charge in [-0.3, -0.25) is 0 Å². The van der Waals surface area contributed by atoms with E-state index in [9.17, 15) is 0 Å². The molecule has 2 nitrogen and oxygen atoms in total. The maximum atomic E-state index is 3.43. The SMILES string of the molecule is CC(C)C1CCN(C2CC3(CNC3)C2)CC1. The predicted molar refractivity (Wildman–Crippen MR) is 67.5 cm³/mol. The Bertz CT molecular complexity index is 241. The average molecular weight is 222 g/mol. The summed E-state index contributed by atoms with van der Waals surface area (Å²) in [5.74, 6) is 1.89. The zero-order valence-corrected chi connectivity index (χ0v) is 10.8. The van der Waals surface area contributed by atoms with Crippen LogP contribution in [0.2, 0.25) is 0 Å². The molecule has 0 unspecified atom stereocenters. The van der Waals surface area contributed by atoms with Gasteiger partial charge in [-0.05, 0) is 56.0 Å².